The van der Waals surface area contributed by atoms with Gasteiger partial charge in [-0.05, 0) is 24.8 Å². The van der Waals surface area contributed by atoms with Gasteiger partial charge in [0.1, 0.15) is 0 Å². The number of amides is 1. The zero-order valence-corrected chi connectivity index (χ0v) is 21.1. The molecule has 0 aliphatic carbocycles. The van der Waals surface area contributed by atoms with Gasteiger partial charge in [-0.3, -0.25) is 4.79 Å². The third-order valence-corrected chi connectivity index (χ3v) is 5.95. The Bertz CT molecular complexity index is 637. The van der Waals surface area contributed by atoms with Crippen molar-refractivity contribution >= 4 is 16.5 Å². The summed E-state index contributed by atoms with van der Waals surface area (Å²) in [6.07, 6.45) is 18.7. The lowest BCUT2D eigenvalue weighted by Gasteiger charge is -2.06. The van der Waals surface area contributed by atoms with Crippen molar-refractivity contribution in [1.82, 2.24) is 5.32 Å². The van der Waals surface area contributed by atoms with Gasteiger partial charge >= 0.3 is 0 Å². The maximum absolute atomic E-state index is 10.2. The predicted molar refractivity (Wildman–Crippen MR) is 132 cm³/mol. The molecule has 0 bridgehead atoms. The van der Waals surface area contributed by atoms with Crippen LogP contribution in [0.5, 0.6) is 0 Å². The van der Waals surface area contributed by atoms with Gasteiger partial charge in [-0.15, -0.1) is 0 Å². The van der Waals surface area contributed by atoms with Crippen LogP contribution in [0.3, 0.4) is 0 Å². The lowest BCUT2D eigenvalue weighted by atomic mass is 10.0. The summed E-state index contributed by atoms with van der Waals surface area (Å²) in [4.78, 5) is 11.6. The van der Waals surface area contributed by atoms with Crippen molar-refractivity contribution in [2.75, 3.05) is 27.2 Å². The standard InChI is InChI=1S/C18H38N2O.C7H8O3S/c1-20(2)17-15-13-11-9-7-5-3-4-6-8-10-12-14-16-19-18-21;8-11(9,10)6-7-4-2-1-3-5-7/h18H,3-17H2,1-2H3,(H,19,21);1-5H,6H2,(H,8,9,10). The van der Waals surface area contributed by atoms with Crippen LogP contribution < -0.4 is 10.2 Å². The normalized spacial score (nSPS) is 11.1. The first-order valence-electron chi connectivity index (χ1n) is 12.3. The number of hydrogen-bond acceptors (Lipinski definition) is 4. The van der Waals surface area contributed by atoms with Gasteiger partial charge in [0.05, 0.1) is 36.5 Å². The van der Waals surface area contributed by atoms with Gasteiger partial charge in [0.15, 0.2) is 0 Å². The minimum atomic E-state index is -4.13. The smallest absolute Gasteiger partial charge is 0.207 e. The maximum Gasteiger partial charge on any atom is 0.207 e. The fourth-order valence-corrected chi connectivity index (χ4v) is 4.09. The van der Waals surface area contributed by atoms with E-state index in [1.54, 1.807) is 35.2 Å². The summed E-state index contributed by atoms with van der Waals surface area (Å²) in [5.41, 5.74) is 0.530. The predicted octanol–water partition coefficient (Wildman–Crippen LogP) is 3.68. The zero-order valence-electron chi connectivity index (χ0n) is 20.3. The Morgan fingerprint density at radius 2 is 1.22 bits per heavy atom. The number of carbonyl (C=O) groups excluding carboxylic acids is 1. The Hall–Kier alpha value is -1.44. The molecule has 0 spiro atoms. The number of rotatable bonds is 19. The summed E-state index contributed by atoms with van der Waals surface area (Å²) in [5.74, 6) is -0.423. The highest BCUT2D eigenvalue weighted by atomic mass is 32.2. The molecule has 0 heterocycles. The van der Waals surface area contributed by atoms with E-state index in [0.717, 1.165) is 19.4 Å². The van der Waals surface area contributed by atoms with Crippen molar-refractivity contribution in [2.45, 2.75) is 89.2 Å². The van der Waals surface area contributed by atoms with Crippen molar-refractivity contribution in [1.29, 1.82) is 0 Å². The molecule has 186 valence electrons. The molecule has 2 N–H and O–H groups in total. The molecule has 32 heavy (non-hydrogen) atoms. The van der Waals surface area contributed by atoms with E-state index in [-0.39, 0.29) is 0 Å². The summed E-state index contributed by atoms with van der Waals surface area (Å²) in [6.45, 7) is 2.17. The Labute approximate surface area is 196 Å². The van der Waals surface area contributed by atoms with E-state index in [9.17, 15) is 17.8 Å². The highest BCUT2D eigenvalue weighted by Crippen LogP contribution is 2.12. The second-order valence-corrected chi connectivity index (χ2v) is 10.2. The number of benzene rings is 1. The fourth-order valence-electron chi connectivity index (χ4n) is 3.49. The van der Waals surface area contributed by atoms with Crippen molar-refractivity contribution in [2.24, 2.45) is 0 Å². The molecule has 0 saturated carbocycles. The van der Waals surface area contributed by atoms with E-state index in [0.29, 0.717) is 5.56 Å². The first kappa shape index (κ1) is 30.6. The van der Waals surface area contributed by atoms with E-state index >= 15 is 0 Å². The molecule has 0 aromatic heterocycles. The van der Waals surface area contributed by atoms with Crippen LogP contribution in [0, 0.1) is 0 Å². The summed E-state index contributed by atoms with van der Waals surface area (Å²) in [7, 11) is 0.349. The van der Waals surface area contributed by atoms with Crippen LogP contribution in [-0.2, 0) is 20.7 Å². The van der Waals surface area contributed by atoms with Crippen molar-refractivity contribution in [3.05, 3.63) is 35.9 Å². The van der Waals surface area contributed by atoms with E-state index in [1.807, 2.05) is 0 Å². The first-order valence-corrected chi connectivity index (χ1v) is 13.9. The molecule has 0 fully saturated rings. The summed E-state index contributed by atoms with van der Waals surface area (Å²) in [6, 6.07) is 8.37. The Kier molecular flexibility index (Phi) is 20.4. The van der Waals surface area contributed by atoms with Gasteiger partial charge in [-0.2, -0.15) is 0 Å². The molecule has 1 rings (SSSR count). The average Bonchev–Trinajstić information content (AvgIpc) is 2.73. The molecule has 7 heteroatoms. The monoisotopic (exact) mass is 470 g/mol. The SMILES string of the molecule is C[NH+](C)CCCCCCCCCCCCCCCNC=O.O=S(=O)([O-])Cc1ccccc1. The molecule has 0 aliphatic rings. The van der Waals surface area contributed by atoms with Gasteiger partial charge in [0.25, 0.3) is 0 Å². The summed E-state index contributed by atoms with van der Waals surface area (Å²) in [5, 5.41) is 2.72. The maximum atomic E-state index is 10.2. The Balaban J connectivity index is 0.000000726. The Morgan fingerprint density at radius 1 is 0.781 bits per heavy atom. The average molecular weight is 471 g/mol. The lowest BCUT2D eigenvalue weighted by molar-refractivity contribution is -0.858. The van der Waals surface area contributed by atoms with Gasteiger partial charge < -0.3 is 14.8 Å². The molecule has 1 amide bonds. The largest absolute Gasteiger partial charge is 0.748 e. The summed E-state index contributed by atoms with van der Waals surface area (Å²) < 4.78 is 30.7. The molecule has 0 atom stereocenters. The van der Waals surface area contributed by atoms with E-state index in [4.69, 9.17) is 0 Å². The van der Waals surface area contributed by atoms with Crippen LogP contribution in [0.2, 0.25) is 0 Å². The van der Waals surface area contributed by atoms with E-state index in [1.165, 1.54) is 83.6 Å². The molecule has 6 nitrogen and oxygen atoms in total. The third-order valence-electron chi connectivity index (χ3n) is 5.27. The van der Waals surface area contributed by atoms with Crippen LogP contribution in [0.1, 0.15) is 89.0 Å². The molecule has 1 aromatic rings. The third kappa shape index (κ3) is 24.8. The highest BCUT2D eigenvalue weighted by Gasteiger charge is 1.97. The zero-order chi connectivity index (χ0) is 23.9. The number of unbranched alkanes of at least 4 members (excludes halogenated alkanes) is 12. The Morgan fingerprint density at radius 3 is 1.62 bits per heavy atom. The first-order chi connectivity index (χ1) is 15.3. The molecular formula is C25H46N2O4S. The van der Waals surface area contributed by atoms with Gasteiger partial charge in [0, 0.05) is 6.54 Å². The highest BCUT2D eigenvalue weighted by molar-refractivity contribution is 7.84. The van der Waals surface area contributed by atoms with E-state index < -0.39 is 15.9 Å². The second kappa shape index (κ2) is 21.4. The van der Waals surface area contributed by atoms with Gasteiger partial charge in [-0.1, -0.05) is 94.5 Å². The molecule has 0 radical (unpaired) electrons. The molecule has 1 aromatic carbocycles. The minimum absolute atomic E-state index is 0.423. The topological polar surface area (TPSA) is 90.7 Å². The second-order valence-electron chi connectivity index (χ2n) is 8.81. The van der Waals surface area contributed by atoms with Crippen LogP contribution in [0.25, 0.3) is 0 Å². The number of carbonyl (C=O) groups is 1. The van der Waals surface area contributed by atoms with E-state index in [2.05, 4.69) is 19.4 Å². The number of hydrogen-bond donors (Lipinski definition) is 2. The van der Waals surface area contributed by atoms with Crippen LogP contribution in [0.4, 0.5) is 0 Å². The van der Waals surface area contributed by atoms with Crippen LogP contribution in [-0.4, -0.2) is 46.6 Å². The lowest BCUT2D eigenvalue weighted by Crippen LogP contribution is -3.05. The van der Waals surface area contributed by atoms with Gasteiger partial charge in [0.2, 0.25) is 6.41 Å². The minimum Gasteiger partial charge on any atom is -0.748 e. The van der Waals surface area contributed by atoms with Crippen molar-refractivity contribution in [3.63, 3.8) is 0 Å². The van der Waals surface area contributed by atoms with Crippen molar-refractivity contribution < 1.29 is 22.7 Å². The molecular weight excluding hydrogens is 424 g/mol. The number of quaternary nitrogens is 1. The fraction of sp³-hybridized carbons (Fsp3) is 0.720. The molecule has 0 saturated heterocycles. The van der Waals surface area contributed by atoms with Crippen LogP contribution in [0.15, 0.2) is 30.3 Å². The molecule has 0 unspecified atom stereocenters. The summed E-state index contributed by atoms with van der Waals surface area (Å²) >= 11 is 0. The molecule has 0 aliphatic heterocycles. The van der Waals surface area contributed by atoms with Gasteiger partial charge in [-0.25, -0.2) is 8.42 Å². The quantitative estimate of drug-likeness (QED) is 0.183. The van der Waals surface area contributed by atoms with Crippen molar-refractivity contribution in [3.8, 4) is 0 Å². The van der Waals surface area contributed by atoms with Crippen LogP contribution >= 0.6 is 0 Å². The number of nitrogens with one attached hydrogen (secondary N) is 2.